The van der Waals surface area contributed by atoms with Crippen molar-refractivity contribution in [1.29, 1.82) is 0 Å². The first-order valence-electron chi connectivity index (χ1n) is 12.9. The van der Waals surface area contributed by atoms with Crippen LogP contribution in [-0.4, -0.2) is 72.7 Å². The minimum absolute atomic E-state index is 0.0795. The molecule has 15 heteroatoms. The van der Waals surface area contributed by atoms with Gasteiger partial charge in [-0.25, -0.2) is 0 Å². The van der Waals surface area contributed by atoms with Crippen LogP contribution in [0.2, 0.25) is 5.02 Å². The molecular formula is C27H30ClN2O8S3Se-. The summed E-state index contributed by atoms with van der Waals surface area (Å²) < 4.78 is 82.8. The maximum absolute atomic E-state index is 11.3. The van der Waals surface area contributed by atoms with Gasteiger partial charge < -0.3 is 0 Å². The standard InChI is InChI=1S/C27H31ClN2O8S3Se/c1-4-18(14-27-30(10-6-12-41(34,35)36)21-15-19(28)7-8-25(21)42-27)13-26-29(9-5-11-40(31,32)33)20-16-22(37-2)23(38-3)17-24(20)39-26/h7-8,13-17H,4-6,9-12H2,1-3H3,(H-,31,32,33,34,35,36)/p-1. The molecule has 0 aliphatic carbocycles. The number of rotatable bonds is 13. The molecule has 228 valence electrons. The number of nitrogens with zero attached hydrogens (tertiary/aromatic N) is 2. The average Bonchev–Trinajstić information content (AvgIpc) is 3.42. The Balaban J connectivity index is 1.75. The van der Waals surface area contributed by atoms with Gasteiger partial charge in [-0.15, -0.1) is 0 Å². The molecule has 0 saturated carbocycles. The first-order valence-corrected chi connectivity index (χ1v) is 19.0. The van der Waals surface area contributed by atoms with Crippen molar-refractivity contribution in [2.24, 2.45) is 0 Å². The van der Waals surface area contributed by atoms with Crippen molar-refractivity contribution in [2.45, 2.75) is 37.6 Å². The van der Waals surface area contributed by atoms with Gasteiger partial charge in [0.15, 0.2) is 0 Å². The third-order valence-electron chi connectivity index (χ3n) is 6.51. The summed E-state index contributed by atoms with van der Waals surface area (Å²) in [6.45, 7) is 2.68. The Morgan fingerprint density at radius 2 is 1.71 bits per heavy atom. The number of allylic oxidation sites excluding steroid dienone is 2. The monoisotopic (exact) mass is 721 g/mol. The number of aryl methyl sites for hydroxylation is 1. The number of hydrogen-bond donors (Lipinski definition) is 0. The van der Waals surface area contributed by atoms with Crippen LogP contribution < -0.4 is 18.9 Å². The molecule has 0 spiro atoms. The topological polar surface area (TPSA) is 140 Å². The second-order valence-electron chi connectivity index (χ2n) is 9.42. The van der Waals surface area contributed by atoms with Gasteiger partial charge in [-0.1, -0.05) is 0 Å². The third-order valence-corrected chi connectivity index (χ3v) is 11.7. The normalized spacial score (nSPS) is 15.0. The van der Waals surface area contributed by atoms with Gasteiger partial charge in [0.05, 0.1) is 0 Å². The summed E-state index contributed by atoms with van der Waals surface area (Å²) in [4.78, 5) is 2.88. The van der Waals surface area contributed by atoms with E-state index in [0.29, 0.717) is 36.0 Å². The second-order valence-corrected chi connectivity index (χ2v) is 16.2. The Morgan fingerprint density at radius 1 is 1.05 bits per heavy atom. The fourth-order valence-electron chi connectivity index (χ4n) is 4.54. The van der Waals surface area contributed by atoms with Gasteiger partial charge in [-0.3, -0.25) is 0 Å². The molecule has 0 unspecified atom stereocenters. The summed E-state index contributed by atoms with van der Waals surface area (Å²) >= 11 is 7.71. The number of aromatic nitrogens is 1. The van der Waals surface area contributed by atoms with Gasteiger partial charge in [0.25, 0.3) is 0 Å². The fourth-order valence-corrected chi connectivity index (χ4v) is 9.25. The summed E-state index contributed by atoms with van der Waals surface area (Å²) in [7, 11) is -5.60. The molecule has 42 heavy (non-hydrogen) atoms. The van der Waals surface area contributed by atoms with Gasteiger partial charge in [0.1, 0.15) is 0 Å². The third kappa shape index (κ3) is 8.32. The van der Waals surface area contributed by atoms with E-state index >= 15 is 0 Å². The molecule has 0 amide bonds. The first kappa shape index (κ1) is 32.9. The molecule has 0 fully saturated rings. The number of ether oxygens (including phenoxy) is 2. The molecule has 0 bridgehead atoms. The average molecular weight is 721 g/mol. The van der Waals surface area contributed by atoms with Gasteiger partial charge in [-0.2, -0.15) is 0 Å². The number of methoxy groups -OCH3 is 2. The summed E-state index contributed by atoms with van der Waals surface area (Å²) in [6, 6.07) is 9.35. The molecule has 0 radical (unpaired) electrons. The molecule has 0 atom stereocenters. The molecule has 1 aromatic heterocycles. The van der Waals surface area contributed by atoms with Crippen molar-refractivity contribution in [3.05, 3.63) is 56.6 Å². The first-order chi connectivity index (χ1) is 19.8. The Bertz CT molecular complexity index is 1750. The van der Waals surface area contributed by atoms with Gasteiger partial charge >= 0.3 is 263 Å². The number of anilines is 1. The molecular weight excluding hydrogens is 691 g/mol. The molecule has 0 N–H and O–H groups in total. The summed E-state index contributed by atoms with van der Waals surface area (Å²) in [6.07, 6.45) is 5.12. The van der Waals surface area contributed by atoms with E-state index in [2.05, 4.69) is 6.08 Å². The van der Waals surface area contributed by atoms with E-state index in [1.165, 1.54) is 11.8 Å². The number of halogens is 1. The van der Waals surface area contributed by atoms with E-state index in [0.717, 1.165) is 35.5 Å². The van der Waals surface area contributed by atoms with Crippen molar-refractivity contribution >= 4 is 79.6 Å². The van der Waals surface area contributed by atoms with Crippen molar-refractivity contribution in [3.8, 4) is 11.5 Å². The predicted octanol–water partition coefficient (Wildman–Crippen LogP) is 3.97. The zero-order chi connectivity index (χ0) is 30.7. The molecule has 3 aromatic rings. The van der Waals surface area contributed by atoms with Crippen LogP contribution in [0.4, 0.5) is 5.69 Å². The van der Waals surface area contributed by atoms with E-state index in [1.54, 1.807) is 14.2 Å². The van der Waals surface area contributed by atoms with Crippen LogP contribution in [0.1, 0.15) is 30.8 Å². The van der Waals surface area contributed by atoms with E-state index in [4.69, 9.17) is 21.1 Å². The maximum atomic E-state index is 11.3. The van der Waals surface area contributed by atoms with E-state index in [9.17, 15) is 25.9 Å². The van der Waals surface area contributed by atoms with Crippen LogP contribution in [0.3, 0.4) is 0 Å². The molecule has 4 rings (SSSR count). The summed E-state index contributed by atoms with van der Waals surface area (Å²) in [5, 5.41) is 1.42. The molecule has 2 heterocycles. The van der Waals surface area contributed by atoms with E-state index in [-0.39, 0.29) is 27.3 Å². The van der Waals surface area contributed by atoms with Gasteiger partial charge in [-0.05, 0) is 0 Å². The Hall–Kier alpha value is -2.03. The van der Waals surface area contributed by atoms with Crippen molar-refractivity contribution in [3.63, 3.8) is 0 Å². The molecule has 2 aromatic carbocycles. The van der Waals surface area contributed by atoms with E-state index in [1.807, 2.05) is 52.8 Å². The Labute approximate surface area is 261 Å². The summed E-state index contributed by atoms with van der Waals surface area (Å²) in [5.41, 5.74) is 2.72. The van der Waals surface area contributed by atoms with Crippen LogP contribution in [-0.2, 0) is 26.8 Å². The number of thioether (sulfide) groups is 1. The Morgan fingerprint density at radius 3 is 2.36 bits per heavy atom. The van der Waals surface area contributed by atoms with Crippen molar-refractivity contribution < 1.29 is 40.0 Å². The quantitative estimate of drug-likeness (QED) is 0.145. The van der Waals surface area contributed by atoms with E-state index < -0.39 is 31.7 Å². The van der Waals surface area contributed by atoms with Crippen LogP contribution >= 0.6 is 23.4 Å². The zero-order valence-corrected chi connectivity index (χ0v) is 28.1. The van der Waals surface area contributed by atoms with Crippen molar-refractivity contribution in [1.82, 2.24) is 0 Å². The molecule has 10 nitrogen and oxygen atoms in total. The SMILES string of the molecule is CCC(=Cc1[se]c2ccc(Cl)cc2[n+]1CCCS(=O)(=O)[O-])C=C1Sc2cc(OC)c(OC)cc2N1CCCS(=O)(=O)[O-]. The van der Waals surface area contributed by atoms with Crippen molar-refractivity contribution in [2.75, 3.05) is 37.2 Å². The van der Waals surface area contributed by atoms with Gasteiger partial charge in [0, 0.05) is 0 Å². The van der Waals surface area contributed by atoms with Gasteiger partial charge in [0.2, 0.25) is 0 Å². The zero-order valence-electron chi connectivity index (χ0n) is 23.2. The fraction of sp³-hybridized carbons (Fsp3) is 0.370. The minimum atomic E-state index is -4.36. The summed E-state index contributed by atoms with van der Waals surface area (Å²) in [5.74, 6) is 0.164. The molecule has 1 aliphatic heterocycles. The number of benzene rings is 2. The number of hydrogen-bond acceptors (Lipinski definition) is 10. The van der Waals surface area contributed by atoms with Crippen LogP contribution in [0.5, 0.6) is 11.5 Å². The number of fused-ring (bicyclic) bond motifs is 2. The predicted molar refractivity (Wildman–Crippen MR) is 164 cm³/mol. The van der Waals surface area contributed by atoms with Crippen LogP contribution in [0.15, 0.2) is 51.9 Å². The molecule has 1 aliphatic rings. The van der Waals surface area contributed by atoms with Crippen LogP contribution in [0.25, 0.3) is 15.9 Å². The second kappa shape index (κ2) is 13.7. The Kier molecular flexibility index (Phi) is 10.7. The molecule has 0 saturated heterocycles. The van der Waals surface area contributed by atoms with Crippen LogP contribution in [0, 0.1) is 0 Å².